The summed E-state index contributed by atoms with van der Waals surface area (Å²) in [4.78, 5) is 30.7. The Morgan fingerprint density at radius 2 is 1.39 bits per heavy atom. The van der Waals surface area contributed by atoms with E-state index in [1.807, 2.05) is 0 Å². The average molecular weight is 446 g/mol. The summed E-state index contributed by atoms with van der Waals surface area (Å²) in [6, 6.07) is 19.8. The number of carbonyl (C=O) groups excluding carboxylic acids is 2. The van der Waals surface area contributed by atoms with Gasteiger partial charge in [-0.25, -0.2) is 18.2 Å². The summed E-state index contributed by atoms with van der Waals surface area (Å²) in [7, 11) is 0. The van der Waals surface area contributed by atoms with E-state index in [9.17, 15) is 22.8 Å². The van der Waals surface area contributed by atoms with Crippen molar-refractivity contribution in [2.75, 3.05) is 4.90 Å². The van der Waals surface area contributed by atoms with Gasteiger partial charge in [0.25, 0.3) is 0 Å². The van der Waals surface area contributed by atoms with Crippen molar-refractivity contribution in [1.29, 1.82) is 0 Å². The van der Waals surface area contributed by atoms with E-state index >= 15 is 0 Å². The lowest BCUT2D eigenvalue weighted by atomic mass is 10.1. The second kappa shape index (κ2) is 9.48. The maximum absolute atomic E-state index is 14.6. The van der Waals surface area contributed by atoms with Gasteiger partial charge in [0.15, 0.2) is 5.78 Å². The molecule has 0 aliphatic carbocycles. The Bertz CT molecular complexity index is 1270. The van der Waals surface area contributed by atoms with E-state index in [0.717, 1.165) is 17.0 Å². The Kier molecular flexibility index (Phi) is 6.31. The zero-order valence-corrected chi connectivity index (χ0v) is 17.2. The number of rotatable bonds is 6. The van der Waals surface area contributed by atoms with Crippen LogP contribution in [0.25, 0.3) is 0 Å². The number of para-hydroxylation sites is 1. The van der Waals surface area contributed by atoms with Crippen molar-refractivity contribution >= 4 is 23.2 Å². The molecule has 0 saturated carbocycles. The summed E-state index contributed by atoms with van der Waals surface area (Å²) in [5, 5.41) is 0. The second-order valence-corrected chi connectivity index (χ2v) is 7.20. The molecule has 0 aliphatic rings. The number of carbonyl (C=O) groups is 2. The standard InChI is InChI=1S/C26H17F3N2O2/c27-20-12-9-17(10-13-20)15-24(32)31(25-21(28)7-4-8-22(25)29)23-14-11-19(16-30-23)26(33)18-5-2-1-3-6-18/h1-14,16H,15H2. The van der Waals surface area contributed by atoms with Crippen LogP contribution < -0.4 is 4.90 Å². The molecule has 0 spiro atoms. The SMILES string of the molecule is O=C(c1ccccc1)c1ccc(N(C(=O)Cc2ccc(F)cc2)c2c(F)cccc2F)nc1. The highest BCUT2D eigenvalue weighted by Gasteiger charge is 2.26. The highest BCUT2D eigenvalue weighted by molar-refractivity contribution is 6.09. The van der Waals surface area contributed by atoms with Crippen LogP contribution in [0, 0.1) is 17.5 Å². The first-order valence-electron chi connectivity index (χ1n) is 10.0. The lowest BCUT2D eigenvalue weighted by Crippen LogP contribution is -2.30. The Balaban J connectivity index is 1.71. The quantitative estimate of drug-likeness (QED) is 0.360. The van der Waals surface area contributed by atoms with Gasteiger partial charge in [0, 0.05) is 17.3 Å². The first kappa shape index (κ1) is 22.0. The largest absolute Gasteiger partial charge is 0.289 e. The number of ketones is 1. The molecule has 0 unspecified atom stereocenters. The summed E-state index contributed by atoms with van der Waals surface area (Å²) in [5.41, 5.74) is 0.583. The van der Waals surface area contributed by atoms with Crippen LogP contribution in [0.4, 0.5) is 24.7 Å². The third kappa shape index (κ3) is 4.82. The molecule has 4 aromatic rings. The van der Waals surface area contributed by atoms with Gasteiger partial charge < -0.3 is 0 Å². The van der Waals surface area contributed by atoms with E-state index in [1.54, 1.807) is 30.3 Å². The molecular formula is C26H17F3N2O2. The number of hydrogen-bond acceptors (Lipinski definition) is 3. The van der Waals surface area contributed by atoms with Gasteiger partial charge in [-0.2, -0.15) is 0 Å². The molecule has 7 heteroatoms. The van der Waals surface area contributed by atoms with Gasteiger partial charge in [0.2, 0.25) is 5.91 Å². The lowest BCUT2D eigenvalue weighted by Gasteiger charge is -2.23. The van der Waals surface area contributed by atoms with Crippen molar-refractivity contribution in [2.45, 2.75) is 6.42 Å². The number of benzene rings is 3. The summed E-state index contributed by atoms with van der Waals surface area (Å²) < 4.78 is 42.4. The molecule has 1 aromatic heterocycles. The third-order valence-corrected chi connectivity index (χ3v) is 4.95. The number of anilines is 2. The molecule has 0 N–H and O–H groups in total. The van der Waals surface area contributed by atoms with Crippen LogP contribution in [0.1, 0.15) is 21.5 Å². The highest BCUT2D eigenvalue weighted by Crippen LogP contribution is 2.30. The van der Waals surface area contributed by atoms with Gasteiger partial charge in [-0.05, 0) is 42.0 Å². The van der Waals surface area contributed by atoms with Crippen LogP contribution in [-0.2, 0) is 11.2 Å². The molecule has 1 heterocycles. The fourth-order valence-corrected chi connectivity index (χ4v) is 3.33. The number of halogens is 3. The minimum atomic E-state index is -0.950. The van der Waals surface area contributed by atoms with Gasteiger partial charge in [-0.3, -0.25) is 14.5 Å². The van der Waals surface area contributed by atoms with E-state index in [2.05, 4.69) is 4.98 Å². The monoisotopic (exact) mass is 446 g/mol. The molecule has 0 saturated heterocycles. The Hall–Kier alpha value is -4.26. The molecule has 4 rings (SSSR count). The fourth-order valence-electron chi connectivity index (χ4n) is 3.33. The molecule has 0 aliphatic heterocycles. The minimum Gasteiger partial charge on any atom is -0.289 e. The number of nitrogens with zero attached hydrogens (tertiary/aromatic N) is 2. The van der Waals surface area contributed by atoms with E-state index in [-0.39, 0.29) is 23.6 Å². The van der Waals surface area contributed by atoms with Crippen molar-refractivity contribution in [3.05, 3.63) is 125 Å². The molecule has 1 amide bonds. The van der Waals surface area contributed by atoms with E-state index in [1.165, 1.54) is 48.7 Å². The van der Waals surface area contributed by atoms with Crippen LogP contribution in [0.15, 0.2) is 91.1 Å². The summed E-state index contributed by atoms with van der Waals surface area (Å²) >= 11 is 0. The predicted octanol–water partition coefficient (Wildman–Crippen LogP) is 5.64. The third-order valence-electron chi connectivity index (χ3n) is 4.95. The molecule has 33 heavy (non-hydrogen) atoms. The molecule has 0 bridgehead atoms. The average Bonchev–Trinajstić information content (AvgIpc) is 2.83. The zero-order chi connectivity index (χ0) is 23.4. The van der Waals surface area contributed by atoms with Crippen LogP contribution in [0.5, 0.6) is 0 Å². The number of pyridine rings is 1. The maximum atomic E-state index is 14.6. The lowest BCUT2D eigenvalue weighted by molar-refractivity contribution is -0.117. The molecule has 0 radical (unpaired) electrons. The number of aromatic nitrogens is 1. The summed E-state index contributed by atoms with van der Waals surface area (Å²) in [6.45, 7) is 0. The number of hydrogen-bond donors (Lipinski definition) is 0. The van der Waals surface area contributed by atoms with Crippen molar-refractivity contribution in [2.24, 2.45) is 0 Å². The van der Waals surface area contributed by atoms with Crippen molar-refractivity contribution in [1.82, 2.24) is 4.98 Å². The highest BCUT2D eigenvalue weighted by atomic mass is 19.1. The minimum absolute atomic E-state index is 0.0595. The van der Waals surface area contributed by atoms with Gasteiger partial charge in [0.05, 0.1) is 6.42 Å². The zero-order valence-electron chi connectivity index (χ0n) is 17.2. The molecule has 3 aromatic carbocycles. The fraction of sp³-hybridized carbons (Fsp3) is 0.0385. The first-order valence-corrected chi connectivity index (χ1v) is 10.0. The molecule has 0 fully saturated rings. The molecule has 0 atom stereocenters. The topological polar surface area (TPSA) is 50.3 Å². The number of amides is 1. The first-order chi connectivity index (χ1) is 15.9. The molecular weight excluding hydrogens is 429 g/mol. The second-order valence-electron chi connectivity index (χ2n) is 7.20. The predicted molar refractivity (Wildman–Crippen MR) is 118 cm³/mol. The van der Waals surface area contributed by atoms with E-state index in [4.69, 9.17) is 0 Å². The van der Waals surface area contributed by atoms with Crippen molar-refractivity contribution in [3.8, 4) is 0 Å². The Morgan fingerprint density at radius 3 is 2.00 bits per heavy atom. The maximum Gasteiger partial charge on any atom is 0.237 e. The normalized spacial score (nSPS) is 10.6. The van der Waals surface area contributed by atoms with Crippen LogP contribution in [0.2, 0.25) is 0 Å². The Labute approximate surface area is 187 Å². The van der Waals surface area contributed by atoms with Crippen LogP contribution >= 0.6 is 0 Å². The summed E-state index contributed by atoms with van der Waals surface area (Å²) in [6.07, 6.45) is 1.00. The van der Waals surface area contributed by atoms with E-state index in [0.29, 0.717) is 11.1 Å². The molecule has 4 nitrogen and oxygen atoms in total. The van der Waals surface area contributed by atoms with Gasteiger partial charge in [0.1, 0.15) is 29.0 Å². The Morgan fingerprint density at radius 1 is 0.727 bits per heavy atom. The van der Waals surface area contributed by atoms with Crippen molar-refractivity contribution in [3.63, 3.8) is 0 Å². The van der Waals surface area contributed by atoms with Crippen LogP contribution in [0.3, 0.4) is 0 Å². The van der Waals surface area contributed by atoms with Gasteiger partial charge in [-0.1, -0.05) is 48.5 Å². The van der Waals surface area contributed by atoms with Crippen molar-refractivity contribution < 1.29 is 22.8 Å². The van der Waals surface area contributed by atoms with Crippen LogP contribution in [-0.4, -0.2) is 16.7 Å². The molecule has 164 valence electrons. The summed E-state index contributed by atoms with van der Waals surface area (Å²) in [5.74, 6) is -3.39. The van der Waals surface area contributed by atoms with Gasteiger partial charge in [-0.15, -0.1) is 0 Å². The van der Waals surface area contributed by atoms with Gasteiger partial charge >= 0.3 is 0 Å². The van der Waals surface area contributed by atoms with E-state index < -0.39 is 29.0 Å². The smallest absolute Gasteiger partial charge is 0.237 e.